The molecule has 0 atom stereocenters. The normalized spacial score (nSPS) is 16.6. The number of nitrogens with zero attached hydrogens (tertiary/aromatic N) is 3. The van der Waals surface area contributed by atoms with Gasteiger partial charge in [0.1, 0.15) is 5.75 Å². The Morgan fingerprint density at radius 3 is 2.59 bits per heavy atom. The summed E-state index contributed by atoms with van der Waals surface area (Å²) in [7, 11) is 1.95. The first-order valence-corrected chi connectivity index (χ1v) is 9.54. The van der Waals surface area contributed by atoms with E-state index in [9.17, 15) is 9.59 Å². The molecule has 0 radical (unpaired) electrons. The number of hydrogen-bond acceptors (Lipinski definition) is 3. The Hall–Kier alpha value is -2.76. The molecule has 3 heterocycles. The highest BCUT2D eigenvalue weighted by atomic mass is 16.5. The van der Waals surface area contributed by atoms with E-state index in [-0.39, 0.29) is 11.8 Å². The molecule has 6 heteroatoms. The SMILES string of the molecule is Cn1ccc(CC(=O)N2CCN(C(=O)c3ccc4c(c3)CCCO4)CC2)c1. The second-order valence-electron chi connectivity index (χ2n) is 7.31. The maximum Gasteiger partial charge on any atom is 0.253 e. The molecule has 0 N–H and O–H groups in total. The quantitative estimate of drug-likeness (QED) is 0.832. The van der Waals surface area contributed by atoms with Crippen molar-refractivity contribution >= 4 is 11.8 Å². The summed E-state index contributed by atoms with van der Waals surface area (Å²) in [4.78, 5) is 29.0. The van der Waals surface area contributed by atoms with Crippen molar-refractivity contribution in [2.75, 3.05) is 32.8 Å². The fourth-order valence-electron chi connectivity index (χ4n) is 3.79. The number of carbonyl (C=O) groups excluding carboxylic acids is 2. The van der Waals surface area contributed by atoms with Gasteiger partial charge in [0.15, 0.2) is 0 Å². The van der Waals surface area contributed by atoms with Gasteiger partial charge in [-0.05, 0) is 48.2 Å². The van der Waals surface area contributed by atoms with Crippen LogP contribution in [0.1, 0.15) is 27.9 Å². The number of piperazine rings is 1. The summed E-state index contributed by atoms with van der Waals surface area (Å²) in [6, 6.07) is 7.68. The van der Waals surface area contributed by atoms with Gasteiger partial charge in [0.25, 0.3) is 5.91 Å². The standard InChI is InChI=1S/C21H25N3O3/c1-22-7-6-16(15-22)13-20(25)23-8-10-24(11-9-23)21(26)18-4-5-19-17(14-18)3-2-12-27-19/h4-7,14-15H,2-3,8-13H2,1H3. The molecule has 0 spiro atoms. The van der Waals surface area contributed by atoms with Crippen molar-refractivity contribution in [3.05, 3.63) is 53.3 Å². The number of rotatable bonds is 3. The molecule has 0 saturated carbocycles. The van der Waals surface area contributed by atoms with Gasteiger partial charge >= 0.3 is 0 Å². The number of carbonyl (C=O) groups is 2. The van der Waals surface area contributed by atoms with Crippen LogP contribution in [-0.2, 0) is 24.7 Å². The summed E-state index contributed by atoms with van der Waals surface area (Å²) in [5.74, 6) is 1.06. The van der Waals surface area contributed by atoms with E-state index in [4.69, 9.17) is 4.74 Å². The van der Waals surface area contributed by atoms with Crippen molar-refractivity contribution in [2.45, 2.75) is 19.3 Å². The molecular formula is C21H25N3O3. The van der Waals surface area contributed by atoms with Crippen LogP contribution >= 0.6 is 0 Å². The average Bonchev–Trinajstić information content (AvgIpc) is 3.11. The average molecular weight is 367 g/mol. The predicted octanol–water partition coefficient (Wildman–Crippen LogP) is 1.88. The van der Waals surface area contributed by atoms with Crippen molar-refractivity contribution in [3.63, 3.8) is 0 Å². The minimum Gasteiger partial charge on any atom is -0.493 e. The highest BCUT2D eigenvalue weighted by Gasteiger charge is 2.25. The summed E-state index contributed by atoms with van der Waals surface area (Å²) in [5.41, 5.74) is 2.85. The first kappa shape index (κ1) is 17.6. The van der Waals surface area contributed by atoms with Crippen LogP contribution in [0.25, 0.3) is 0 Å². The van der Waals surface area contributed by atoms with Crippen LogP contribution in [0, 0.1) is 0 Å². The lowest BCUT2D eigenvalue weighted by Gasteiger charge is -2.35. The summed E-state index contributed by atoms with van der Waals surface area (Å²) in [5, 5.41) is 0. The third-order valence-corrected chi connectivity index (χ3v) is 5.32. The second kappa shape index (κ2) is 7.47. The van der Waals surface area contributed by atoms with Crippen LogP contribution in [0.3, 0.4) is 0 Å². The number of fused-ring (bicyclic) bond motifs is 1. The number of aryl methyl sites for hydroxylation is 2. The van der Waals surface area contributed by atoms with Crippen molar-refractivity contribution in [3.8, 4) is 5.75 Å². The van der Waals surface area contributed by atoms with Crippen LogP contribution in [0.5, 0.6) is 5.75 Å². The van der Waals surface area contributed by atoms with Crippen molar-refractivity contribution < 1.29 is 14.3 Å². The second-order valence-corrected chi connectivity index (χ2v) is 7.31. The summed E-state index contributed by atoms with van der Waals surface area (Å²) in [6.45, 7) is 3.08. The molecule has 1 fully saturated rings. The predicted molar refractivity (Wildman–Crippen MR) is 102 cm³/mol. The van der Waals surface area contributed by atoms with Gasteiger partial charge in [-0.15, -0.1) is 0 Å². The Bertz CT molecular complexity index is 850. The molecule has 4 rings (SSSR count). The Morgan fingerprint density at radius 2 is 1.85 bits per heavy atom. The molecule has 1 aromatic heterocycles. The van der Waals surface area contributed by atoms with Gasteiger partial charge in [0, 0.05) is 51.2 Å². The molecule has 27 heavy (non-hydrogen) atoms. The Kier molecular flexibility index (Phi) is 4.88. The molecular weight excluding hydrogens is 342 g/mol. The first-order valence-electron chi connectivity index (χ1n) is 9.54. The molecule has 2 amide bonds. The lowest BCUT2D eigenvalue weighted by molar-refractivity contribution is -0.131. The minimum absolute atomic E-state index is 0.0403. The topological polar surface area (TPSA) is 54.8 Å². The van der Waals surface area contributed by atoms with E-state index < -0.39 is 0 Å². The monoisotopic (exact) mass is 367 g/mol. The minimum atomic E-state index is 0.0403. The van der Waals surface area contributed by atoms with Gasteiger partial charge < -0.3 is 19.1 Å². The number of benzene rings is 1. The number of ether oxygens (including phenoxy) is 1. The molecule has 0 bridgehead atoms. The fourth-order valence-corrected chi connectivity index (χ4v) is 3.79. The summed E-state index contributed by atoms with van der Waals surface area (Å²) >= 11 is 0. The van der Waals surface area contributed by atoms with Gasteiger partial charge in [-0.3, -0.25) is 9.59 Å². The van der Waals surface area contributed by atoms with Gasteiger partial charge in [-0.1, -0.05) is 0 Å². The molecule has 0 unspecified atom stereocenters. The van der Waals surface area contributed by atoms with E-state index in [1.165, 1.54) is 0 Å². The molecule has 2 aromatic rings. The maximum atomic E-state index is 12.8. The van der Waals surface area contributed by atoms with E-state index in [2.05, 4.69) is 0 Å². The van der Waals surface area contributed by atoms with E-state index in [1.807, 2.05) is 58.1 Å². The van der Waals surface area contributed by atoms with Crippen LogP contribution < -0.4 is 4.74 Å². The van der Waals surface area contributed by atoms with E-state index in [1.54, 1.807) is 0 Å². The lowest BCUT2D eigenvalue weighted by atomic mass is 10.0. The molecule has 0 aliphatic carbocycles. The lowest BCUT2D eigenvalue weighted by Crippen LogP contribution is -2.51. The van der Waals surface area contributed by atoms with Gasteiger partial charge in [0.05, 0.1) is 13.0 Å². The summed E-state index contributed by atoms with van der Waals surface area (Å²) < 4.78 is 7.57. The van der Waals surface area contributed by atoms with Crippen molar-refractivity contribution in [1.82, 2.24) is 14.4 Å². The molecule has 142 valence electrons. The summed E-state index contributed by atoms with van der Waals surface area (Å²) in [6.07, 6.45) is 6.28. The third kappa shape index (κ3) is 3.84. The number of aromatic nitrogens is 1. The van der Waals surface area contributed by atoms with Gasteiger partial charge in [-0.2, -0.15) is 0 Å². The number of hydrogen-bond donors (Lipinski definition) is 0. The van der Waals surface area contributed by atoms with Crippen LogP contribution in [0.4, 0.5) is 0 Å². The van der Waals surface area contributed by atoms with Gasteiger partial charge in [0.2, 0.25) is 5.91 Å². The highest BCUT2D eigenvalue weighted by Crippen LogP contribution is 2.26. The molecule has 6 nitrogen and oxygen atoms in total. The maximum absolute atomic E-state index is 12.8. The zero-order chi connectivity index (χ0) is 18.8. The molecule has 2 aliphatic heterocycles. The molecule has 2 aliphatic rings. The molecule has 1 saturated heterocycles. The first-order chi connectivity index (χ1) is 13.1. The Morgan fingerprint density at radius 1 is 1.07 bits per heavy atom. The van der Waals surface area contributed by atoms with Crippen LogP contribution in [0.15, 0.2) is 36.7 Å². The Balaban J connectivity index is 1.34. The van der Waals surface area contributed by atoms with Crippen molar-refractivity contribution in [1.29, 1.82) is 0 Å². The smallest absolute Gasteiger partial charge is 0.253 e. The zero-order valence-corrected chi connectivity index (χ0v) is 15.7. The van der Waals surface area contributed by atoms with E-state index in [0.29, 0.717) is 38.2 Å². The van der Waals surface area contributed by atoms with E-state index in [0.717, 1.165) is 36.3 Å². The zero-order valence-electron chi connectivity index (χ0n) is 15.7. The number of amides is 2. The highest BCUT2D eigenvalue weighted by molar-refractivity contribution is 5.95. The fraction of sp³-hybridized carbons (Fsp3) is 0.429. The Labute approximate surface area is 159 Å². The van der Waals surface area contributed by atoms with Crippen LogP contribution in [-0.4, -0.2) is 59.0 Å². The van der Waals surface area contributed by atoms with E-state index >= 15 is 0 Å². The largest absolute Gasteiger partial charge is 0.493 e. The molecule has 1 aromatic carbocycles. The van der Waals surface area contributed by atoms with Crippen LogP contribution in [0.2, 0.25) is 0 Å². The third-order valence-electron chi connectivity index (χ3n) is 5.32. The van der Waals surface area contributed by atoms with Crippen molar-refractivity contribution in [2.24, 2.45) is 7.05 Å². The van der Waals surface area contributed by atoms with Gasteiger partial charge in [-0.25, -0.2) is 0 Å².